The Kier molecular flexibility index (Phi) is 4.37. The molecule has 0 spiro atoms. The monoisotopic (exact) mass is 197 g/mol. The standard InChI is InChI=1S/C12H23NO/c1-11(2,3)8-7-10(14)13-9-12(4,5)6/h7-8H,9H2,1-6H3,(H,13,14)/b8-7+. The summed E-state index contributed by atoms with van der Waals surface area (Å²) < 4.78 is 0. The minimum Gasteiger partial charge on any atom is -0.352 e. The Balaban J connectivity index is 3.95. The number of nitrogens with one attached hydrogen (secondary N) is 1. The molecule has 0 rings (SSSR count). The van der Waals surface area contributed by atoms with Gasteiger partial charge in [-0.25, -0.2) is 0 Å². The lowest BCUT2D eigenvalue weighted by Gasteiger charge is -2.18. The Morgan fingerprint density at radius 3 is 2.00 bits per heavy atom. The van der Waals surface area contributed by atoms with Crippen LogP contribution in [0.25, 0.3) is 0 Å². The molecule has 14 heavy (non-hydrogen) atoms. The minimum atomic E-state index is -0.00477. The van der Waals surface area contributed by atoms with Gasteiger partial charge in [0.05, 0.1) is 0 Å². The van der Waals surface area contributed by atoms with E-state index in [1.54, 1.807) is 6.08 Å². The lowest BCUT2D eigenvalue weighted by Crippen LogP contribution is -2.31. The molecule has 0 fully saturated rings. The second kappa shape index (κ2) is 4.63. The summed E-state index contributed by atoms with van der Waals surface area (Å²) in [5.74, 6) is -0.00477. The molecule has 0 heterocycles. The van der Waals surface area contributed by atoms with Gasteiger partial charge in [0.2, 0.25) is 5.91 Å². The normalized spacial score (nSPS) is 13.3. The van der Waals surface area contributed by atoms with E-state index in [4.69, 9.17) is 0 Å². The first-order chi connectivity index (χ1) is 6.10. The maximum absolute atomic E-state index is 11.3. The van der Waals surface area contributed by atoms with Crippen molar-refractivity contribution in [3.63, 3.8) is 0 Å². The van der Waals surface area contributed by atoms with E-state index < -0.39 is 0 Å². The lowest BCUT2D eigenvalue weighted by molar-refractivity contribution is -0.116. The Labute approximate surface area is 87.8 Å². The first-order valence-electron chi connectivity index (χ1n) is 5.07. The van der Waals surface area contributed by atoms with Gasteiger partial charge in [-0.2, -0.15) is 0 Å². The molecule has 1 amide bonds. The van der Waals surface area contributed by atoms with Crippen molar-refractivity contribution >= 4 is 5.91 Å². The predicted octanol–water partition coefficient (Wildman–Crippen LogP) is 2.75. The number of hydrogen-bond acceptors (Lipinski definition) is 1. The number of rotatable bonds is 2. The predicted molar refractivity (Wildman–Crippen MR) is 61.1 cm³/mol. The van der Waals surface area contributed by atoms with Crippen molar-refractivity contribution in [2.45, 2.75) is 41.5 Å². The fourth-order valence-corrected chi connectivity index (χ4v) is 0.737. The highest BCUT2D eigenvalue weighted by atomic mass is 16.1. The molecule has 0 bridgehead atoms. The van der Waals surface area contributed by atoms with Gasteiger partial charge in [-0.1, -0.05) is 47.6 Å². The van der Waals surface area contributed by atoms with Crippen molar-refractivity contribution in [3.8, 4) is 0 Å². The molecule has 0 aliphatic carbocycles. The van der Waals surface area contributed by atoms with Crippen molar-refractivity contribution < 1.29 is 4.79 Å². The summed E-state index contributed by atoms with van der Waals surface area (Å²) in [6.45, 7) is 13.2. The van der Waals surface area contributed by atoms with Gasteiger partial charge in [0.1, 0.15) is 0 Å². The average molecular weight is 197 g/mol. The summed E-state index contributed by atoms with van der Waals surface area (Å²) in [4.78, 5) is 11.3. The number of allylic oxidation sites excluding steroid dienone is 1. The van der Waals surface area contributed by atoms with E-state index in [2.05, 4.69) is 46.9 Å². The maximum Gasteiger partial charge on any atom is 0.243 e. The molecule has 0 saturated heterocycles. The van der Waals surface area contributed by atoms with Crippen LogP contribution in [0.5, 0.6) is 0 Å². The van der Waals surface area contributed by atoms with Crippen LogP contribution in [0, 0.1) is 10.8 Å². The summed E-state index contributed by atoms with van der Waals surface area (Å²) in [6.07, 6.45) is 3.54. The van der Waals surface area contributed by atoms with Crippen LogP contribution < -0.4 is 5.32 Å². The molecule has 0 aromatic rings. The minimum absolute atomic E-state index is 0.00477. The summed E-state index contributed by atoms with van der Waals surface area (Å²) in [6, 6.07) is 0. The molecule has 0 aliphatic rings. The summed E-state index contributed by atoms with van der Waals surface area (Å²) in [5, 5.41) is 2.87. The van der Waals surface area contributed by atoms with Crippen LogP contribution in [0.3, 0.4) is 0 Å². The van der Waals surface area contributed by atoms with E-state index in [9.17, 15) is 4.79 Å². The smallest absolute Gasteiger partial charge is 0.243 e. The van der Waals surface area contributed by atoms with Crippen LogP contribution in [0.4, 0.5) is 0 Å². The largest absolute Gasteiger partial charge is 0.352 e. The van der Waals surface area contributed by atoms with E-state index in [0.717, 1.165) is 0 Å². The van der Waals surface area contributed by atoms with Crippen LogP contribution in [0.15, 0.2) is 12.2 Å². The molecular weight excluding hydrogens is 174 g/mol. The molecule has 0 radical (unpaired) electrons. The molecule has 0 aromatic heterocycles. The van der Waals surface area contributed by atoms with Crippen LogP contribution >= 0.6 is 0 Å². The molecular formula is C12H23NO. The van der Waals surface area contributed by atoms with Crippen molar-refractivity contribution in [1.82, 2.24) is 5.32 Å². The van der Waals surface area contributed by atoms with Crippen LogP contribution in [-0.2, 0) is 4.79 Å². The molecule has 0 atom stereocenters. The van der Waals surface area contributed by atoms with Crippen molar-refractivity contribution in [1.29, 1.82) is 0 Å². The molecule has 1 N–H and O–H groups in total. The third kappa shape index (κ3) is 9.30. The van der Waals surface area contributed by atoms with Gasteiger partial charge < -0.3 is 5.32 Å². The Hall–Kier alpha value is -0.790. The highest BCUT2D eigenvalue weighted by Gasteiger charge is 2.11. The molecule has 0 aliphatic heterocycles. The van der Waals surface area contributed by atoms with Crippen molar-refractivity contribution in [2.75, 3.05) is 6.54 Å². The van der Waals surface area contributed by atoms with Gasteiger partial charge in [-0.05, 0) is 16.9 Å². The number of carbonyl (C=O) groups is 1. The van der Waals surface area contributed by atoms with E-state index in [1.807, 2.05) is 6.08 Å². The fourth-order valence-electron chi connectivity index (χ4n) is 0.737. The molecule has 0 saturated carbocycles. The second-order valence-corrected chi connectivity index (χ2v) is 5.98. The topological polar surface area (TPSA) is 29.1 Å². The Morgan fingerprint density at radius 2 is 1.64 bits per heavy atom. The zero-order chi connectivity index (χ0) is 11.4. The summed E-state index contributed by atoms with van der Waals surface area (Å²) >= 11 is 0. The molecule has 2 heteroatoms. The van der Waals surface area contributed by atoms with E-state index in [-0.39, 0.29) is 16.7 Å². The fraction of sp³-hybridized carbons (Fsp3) is 0.750. The number of amides is 1. The SMILES string of the molecule is CC(C)(C)/C=C/C(=O)NCC(C)(C)C. The Bertz CT molecular complexity index is 215. The Morgan fingerprint density at radius 1 is 1.14 bits per heavy atom. The van der Waals surface area contributed by atoms with Gasteiger partial charge in [0, 0.05) is 6.54 Å². The van der Waals surface area contributed by atoms with Crippen molar-refractivity contribution in [2.24, 2.45) is 10.8 Å². The van der Waals surface area contributed by atoms with Gasteiger partial charge in [0.25, 0.3) is 0 Å². The zero-order valence-electron chi connectivity index (χ0n) is 10.3. The van der Waals surface area contributed by atoms with Gasteiger partial charge in [0.15, 0.2) is 0 Å². The van der Waals surface area contributed by atoms with Crippen LogP contribution in [0.2, 0.25) is 0 Å². The highest BCUT2D eigenvalue weighted by molar-refractivity contribution is 5.87. The molecule has 82 valence electrons. The maximum atomic E-state index is 11.3. The van der Waals surface area contributed by atoms with Gasteiger partial charge in [-0.3, -0.25) is 4.79 Å². The molecule has 0 unspecified atom stereocenters. The third-order valence-corrected chi connectivity index (χ3v) is 1.53. The average Bonchev–Trinajstić information content (AvgIpc) is 1.94. The highest BCUT2D eigenvalue weighted by Crippen LogP contribution is 2.14. The molecule has 2 nitrogen and oxygen atoms in total. The quantitative estimate of drug-likeness (QED) is 0.678. The van der Waals surface area contributed by atoms with Gasteiger partial charge >= 0.3 is 0 Å². The van der Waals surface area contributed by atoms with Crippen LogP contribution in [-0.4, -0.2) is 12.5 Å². The summed E-state index contributed by atoms with van der Waals surface area (Å²) in [7, 11) is 0. The van der Waals surface area contributed by atoms with Crippen LogP contribution in [0.1, 0.15) is 41.5 Å². The van der Waals surface area contributed by atoms with Gasteiger partial charge in [-0.15, -0.1) is 0 Å². The zero-order valence-corrected chi connectivity index (χ0v) is 10.3. The first kappa shape index (κ1) is 13.2. The third-order valence-electron chi connectivity index (χ3n) is 1.53. The lowest BCUT2D eigenvalue weighted by atomic mass is 9.96. The molecule has 0 aromatic carbocycles. The summed E-state index contributed by atoms with van der Waals surface area (Å²) in [5.41, 5.74) is 0.213. The second-order valence-electron chi connectivity index (χ2n) is 5.98. The number of hydrogen-bond donors (Lipinski definition) is 1. The number of carbonyl (C=O) groups excluding carboxylic acids is 1. The van der Waals surface area contributed by atoms with E-state index >= 15 is 0 Å². The van der Waals surface area contributed by atoms with E-state index in [0.29, 0.717) is 6.54 Å². The first-order valence-corrected chi connectivity index (χ1v) is 5.07. The van der Waals surface area contributed by atoms with E-state index in [1.165, 1.54) is 0 Å². The van der Waals surface area contributed by atoms with Crippen molar-refractivity contribution in [3.05, 3.63) is 12.2 Å².